The Bertz CT molecular complexity index is 390. The number of aliphatic hydroxyl groups excluding tert-OH is 1. The van der Waals surface area contributed by atoms with Gasteiger partial charge >= 0.3 is 0 Å². The fourth-order valence-corrected chi connectivity index (χ4v) is 2.04. The van der Waals surface area contributed by atoms with Crippen molar-refractivity contribution in [2.45, 2.75) is 19.8 Å². The second-order valence-corrected chi connectivity index (χ2v) is 4.13. The molecule has 1 atom stereocenters. The average molecular weight is 229 g/mol. The number of ether oxygens (including phenoxy) is 2. The van der Waals surface area contributed by atoms with Gasteiger partial charge in [-0.2, -0.15) is 0 Å². The van der Waals surface area contributed by atoms with Gasteiger partial charge in [0.25, 0.3) is 0 Å². The van der Waals surface area contributed by atoms with Crippen molar-refractivity contribution in [3.63, 3.8) is 0 Å². The van der Waals surface area contributed by atoms with Crippen molar-refractivity contribution < 1.29 is 14.6 Å². The first-order valence-corrected chi connectivity index (χ1v) is 5.22. The van der Waals surface area contributed by atoms with Crippen molar-refractivity contribution in [1.29, 1.82) is 0 Å². The van der Waals surface area contributed by atoms with Gasteiger partial charge in [-0.3, -0.25) is 0 Å². The maximum Gasteiger partial charge on any atom is 0.231 e. The van der Waals surface area contributed by atoms with Gasteiger partial charge in [0.2, 0.25) is 6.79 Å². The highest BCUT2D eigenvalue weighted by Gasteiger charge is 2.23. The standard InChI is InChI=1S/C11H13ClO3/c1-6(4-13)8-3-9(12)11-10(7(8)2)14-5-15-11/h3,6,13H,4-5H2,1-2H3. The summed E-state index contributed by atoms with van der Waals surface area (Å²) >= 11 is 6.06. The molecule has 0 fully saturated rings. The monoisotopic (exact) mass is 228 g/mol. The van der Waals surface area contributed by atoms with Gasteiger partial charge < -0.3 is 14.6 Å². The molecule has 1 aromatic carbocycles. The van der Waals surface area contributed by atoms with Crippen LogP contribution in [-0.2, 0) is 0 Å². The average Bonchev–Trinajstić information content (AvgIpc) is 2.71. The fraction of sp³-hybridized carbons (Fsp3) is 0.455. The lowest BCUT2D eigenvalue weighted by atomic mass is 9.96. The minimum Gasteiger partial charge on any atom is -0.453 e. The molecule has 1 aliphatic heterocycles. The van der Waals surface area contributed by atoms with Gasteiger partial charge in [0, 0.05) is 12.5 Å². The maximum absolute atomic E-state index is 9.14. The Hall–Kier alpha value is -0.930. The Morgan fingerprint density at radius 1 is 1.47 bits per heavy atom. The van der Waals surface area contributed by atoms with Gasteiger partial charge in [-0.05, 0) is 24.1 Å². The Kier molecular flexibility index (Phi) is 2.76. The minimum atomic E-state index is 0.0528. The first-order chi connectivity index (χ1) is 7.15. The second-order valence-electron chi connectivity index (χ2n) is 3.72. The molecule has 1 N–H and O–H groups in total. The van der Waals surface area contributed by atoms with Crippen molar-refractivity contribution in [2.24, 2.45) is 0 Å². The van der Waals surface area contributed by atoms with Crippen LogP contribution in [0.1, 0.15) is 24.0 Å². The topological polar surface area (TPSA) is 38.7 Å². The number of rotatable bonds is 2. The molecule has 0 spiro atoms. The Morgan fingerprint density at radius 2 is 2.13 bits per heavy atom. The molecule has 1 heterocycles. The van der Waals surface area contributed by atoms with Crippen LogP contribution in [0.25, 0.3) is 0 Å². The van der Waals surface area contributed by atoms with E-state index in [1.165, 1.54) is 0 Å². The molecule has 0 saturated heterocycles. The van der Waals surface area contributed by atoms with E-state index in [1.807, 2.05) is 19.9 Å². The van der Waals surface area contributed by atoms with Gasteiger partial charge in [0.1, 0.15) is 0 Å². The van der Waals surface area contributed by atoms with Crippen molar-refractivity contribution >= 4 is 11.6 Å². The largest absolute Gasteiger partial charge is 0.453 e. The summed E-state index contributed by atoms with van der Waals surface area (Å²) in [4.78, 5) is 0. The van der Waals surface area contributed by atoms with Crippen LogP contribution in [0, 0.1) is 6.92 Å². The Balaban J connectivity index is 2.54. The molecule has 0 aliphatic carbocycles. The first kappa shape index (κ1) is 10.6. The van der Waals surface area contributed by atoms with Crippen molar-refractivity contribution in [1.82, 2.24) is 0 Å². The van der Waals surface area contributed by atoms with Gasteiger partial charge in [-0.15, -0.1) is 0 Å². The lowest BCUT2D eigenvalue weighted by Crippen LogP contribution is -2.02. The lowest BCUT2D eigenvalue weighted by Gasteiger charge is -2.14. The molecule has 3 nitrogen and oxygen atoms in total. The predicted molar refractivity (Wildman–Crippen MR) is 57.8 cm³/mol. The molecule has 15 heavy (non-hydrogen) atoms. The van der Waals surface area contributed by atoms with E-state index in [0.29, 0.717) is 16.5 Å². The summed E-state index contributed by atoms with van der Waals surface area (Å²) in [7, 11) is 0. The third-order valence-corrected chi connectivity index (χ3v) is 2.97. The van der Waals surface area contributed by atoms with Crippen molar-refractivity contribution in [3.8, 4) is 11.5 Å². The number of hydrogen-bond acceptors (Lipinski definition) is 3. The highest BCUT2D eigenvalue weighted by molar-refractivity contribution is 6.32. The van der Waals surface area contributed by atoms with E-state index in [2.05, 4.69) is 0 Å². The number of benzene rings is 1. The zero-order valence-electron chi connectivity index (χ0n) is 8.71. The van der Waals surface area contributed by atoms with Gasteiger partial charge in [-0.1, -0.05) is 18.5 Å². The summed E-state index contributed by atoms with van der Waals surface area (Å²) in [6, 6.07) is 1.84. The molecule has 0 aromatic heterocycles. The van der Waals surface area contributed by atoms with Crippen LogP contribution in [0.3, 0.4) is 0 Å². The quantitative estimate of drug-likeness (QED) is 0.845. The van der Waals surface area contributed by atoms with Crippen LogP contribution < -0.4 is 9.47 Å². The van der Waals surface area contributed by atoms with Crippen LogP contribution >= 0.6 is 11.6 Å². The number of halogens is 1. The fourth-order valence-electron chi connectivity index (χ4n) is 1.79. The van der Waals surface area contributed by atoms with Crippen molar-refractivity contribution in [3.05, 3.63) is 22.2 Å². The molecule has 0 amide bonds. The van der Waals surface area contributed by atoms with E-state index >= 15 is 0 Å². The van der Waals surface area contributed by atoms with Crippen molar-refractivity contribution in [2.75, 3.05) is 13.4 Å². The molecule has 2 rings (SSSR count). The van der Waals surface area contributed by atoms with Crippen LogP contribution in [0.15, 0.2) is 6.07 Å². The minimum absolute atomic E-state index is 0.0528. The second kappa shape index (κ2) is 3.91. The predicted octanol–water partition coefficient (Wildman–Crippen LogP) is 2.47. The van der Waals surface area contributed by atoms with E-state index in [9.17, 15) is 0 Å². The van der Waals surface area contributed by atoms with E-state index in [4.69, 9.17) is 26.2 Å². The molecule has 1 aromatic rings. The molecule has 1 unspecified atom stereocenters. The van der Waals surface area contributed by atoms with E-state index < -0.39 is 0 Å². The first-order valence-electron chi connectivity index (χ1n) is 4.84. The molecular formula is C11H13ClO3. The lowest BCUT2D eigenvalue weighted by molar-refractivity contribution is 0.173. The number of hydrogen-bond donors (Lipinski definition) is 1. The van der Waals surface area contributed by atoms with Crippen LogP contribution in [0.4, 0.5) is 0 Å². The van der Waals surface area contributed by atoms with Gasteiger partial charge in [-0.25, -0.2) is 0 Å². The molecular weight excluding hydrogens is 216 g/mol. The summed E-state index contributed by atoms with van der Waals surface area (Å²) in [5, 5.41) is 9.68. The molecule has 1 aliphatic rings. The van der Waals surface area contributed by atoms with Crippen LogP contribution in [0.2, 0.25) is 5.02 Å². The van der Waals surface area contributed by atoms with Gasteiger partial charge in [0.15, 0.2) is 11.5 Å². The van der Waals surface area contributed by atoms with E-state index in [0.717, 1.165) is 11.1 Å². The molecule has 82 valence electrons. The molecule has 0 saturated carbocycles. The normalized spacial score (nSPS) is 15.5. The van der Waals surface area contributed by atoms with Gasteiger partial charge in [0.05, 0.1) is 5.02 Å². The summed E-state index contributed by atoms with van der Waals surface area (Å²) in [6.07, 6.45) is 0. The highest BCUT2D eigenvalue weighted by atomic mass is 35.5. The third kappa shape index (κ3) is 1.66. The smallest absolute Gasteiger partial charge is 0.231 e. The Morgan fingerprint density at radius 3 is 2.80 bits per heavy atom. The van der Waals surface area contributed by atoms with E-state index in [1.54, 1.807) is 0 Å². The zero-order valence-corrected chi connectivity index (χ0v) is 9.47. The molecule has 0 bridgehead atoms. The maximum atomic E-state index is 9.14. The Labute approximate surface area is 93.6 Å². The summed E-state index contributed by atoms with van der Waals surface area (Å²) < 4.78 is 10.6. The summed E-state index contributed by atoms with van der Waals surface area (Å²) in [5.41, 5.74) is 2.00. The third-order valence-electron chi connectivity index (χ3n) is 2.69. The zero-order chi connectivity index (χ0) is 11.0. The summed E-state index contributed by atoms with van der Waals surface area (Å²) in [6.45, 7) is 4.20. The highest BCUT2D eigenvalue weighted by Crippen LogP contribution is 2.44. The number of fused-ring (bicyclic) bond motifs is 1. The SMILES string of the molecule is Cc1c(C(C)CO)cc(Cl)c2c1OCO2. The summed E-state index contributed by atoms with van der Waals surface area (Å²) in [5.74, 6) is 1.37. The van der Waals surface area contributed by atoms with E-state index in [-0.39, 0.29) is 19.3 Å². The van der Waals surface area contributed by atoms with Crippen LogP contribution in [0.5, 0.6) is 11.5 Å². The molecule has 4 heteroatoms. The van der Waals surface area contributed by atoms with Crippen LogP contribution in [-0.4, -0.2) is 18.5 Å². The number of aliphatic hydroxyl groups is 1. The molecule has 0 radical (unpaired) electrons.